The van der Waals surface area contributed by atoms with E-state index in [1.54, 1.807) is 0 Å². The van der Waals surface area contributed by atoms with Crippen molar-refractivity contribution in [1.82, 2.24) is 9.88 Å². The van der Waals surface area contributed by atoms with E-state index < -0.39 is 11.7 Å². The van der Waals surface area contributed by atoms with E-state index in [1.807, 2.05) is 4.90 Å². The van der Waals surface area contributed by atoms with Gasteiger partial charge in [-0.3, -0.25) is 4.90 Å². The van der Waals surface area contributed by atoms with Gasteiger partial charge in [-0.1, -0.05) is 25.4 Å². The van der Waals surface area contributed by atoms with Gasteiger partial charge in [-0.15, -0.1) is 0 Å². The molecule has 0 aromatic carbocycles. The first kappa shape index (κ1) is 16.4. The van der Waals surface area contributed by atoms with Crippen molar-refractivity contribution in [2.75, 3.05) is 31.1 Å². The van der Waals surface area contributed by atoms with Crippen LogP contribution in [0.25, 0.3) is 0 Å². The quantitative estimate of drug-likeness (QED) is 0.789. The fourth-order valence-corrected chi connectivity index (χ4v) is 3.00. The normalized spacial score (nSPS) is 19.6. The van der Waals surface area contributed by atoms with Crippen LogP contribution in [0, 0.1) is 0 Å². The summed E-state index contributed by atoms with van der Waals surface area (Å²) in [5.41, 5.74) is -0.746. The molecule has 0 radical (unpaired) electrons. The fraction of sp³-hybridized carbons (Fsp3) is 0.643. The Morgan fingerprint density at radius 1 is 1.33 bits per heavy atom. The predicted octanol–water partition coefficient (Wildman–Crippen LogP) is 3.67. The van der Waals surface area contributed by atoms with Gasteiger partial charge in [0.25, 0.3) is 0 Å². The molecule has 21 heavy (non-hydrogen) atoms. The van der Waals surface area contributed by atoms with Gasteiger partial charge in [0.15, 0.2) is 0 Å². The van der Waals surface area contributed by atoms with Gasteiger partial charge in [0.05, 0.1) is 5.56 Å². The molecular formula is C14H19ClF3N3. The molecule has 2 heterocycles. The number of hydrogen-bond acceptors (Lipinski definition) is 3. The molecule has 2 rings (SSSR count). The lowest BCUT2D eigenvalue weighted by Gasteiger charge is -2.26. The van der Waals surface area contributed by atoms with E-state index in [9.17, 15) is 13.2 Å². The third-order valence-electron chi connectivity index (χ3n) is 3.92. The first-order valence-corrected chi connectivity index (χ1v) is 7.46. The summed E-state index contributed by atoms with van der Waals surface area (Å²) in [7, 11) is 0. The fourth-order valence-electron chi connectivity index (χ4n) is 2.80. The Labute approximate surface area is 127 Å². The number of halogens is 4. The van der Waals surface area contributed by atoms with Crippen LogP contribution < -0.4 is 4.90 Å². The Bertz CT molecular complexity index is 489. The summed E-state index contributed by atoms with van der Waals surface area (Å²) >= 11 is 5.74. The lowest BCUT2D eigenvalue weighted by molar-refractivity contribution is -0.137. The van der Waals surface area contributed by atoms with Gasteiger partial charge in [0.1, 0.15) is 11.0 Å². The monoisotopic (exact) mass is 321 g/mol. The van der Waals surface area contributed by atoms with Gasteiger partial charge >= 0.3 is 6.18 Å². The highest BCUT2D eigenvalue weighted by molar-refractivity contribution is 6.29. The highest BCUT2D eigenvalue weighted by Crippen LogP contribution is 2.33. The number of rotatable bonds is 4. The minimum absolute atomic E-state index is 0.119. The number of anilines is 1. The molecule has 1 fully saturated rings. The Morgan fingerprint density at radius 2 is 2.00 bits per heavy atom. The van der Waals surface area contributed by atoms with E-state index in [1.165, 1.54) is 0 Å². The summed E-state index contributed by atoms with van der Waals surface area (Å²) in [5, 5.41) is -0.119. The SMILES string of the molecule is CCN(CC)C1CCN(c2cc(C(F)(F)F)cc(Cl)n2)C1. The molecule has 1 saturated heterocycles. The first-order valence-electron chi connectivity index (χ1n) is 7.09. The third kappa shape index (κ3) is 3.80. The molecular weight excluding hydrogens is 303 g/mol. The maximum atomic E-state index is 12.8. The summed E-state index contributed by atoms with van der Waals surface area (Å²) in [6.07, 6.45) is -3.48. The third-order valence-corrected chi connectivity index (χ3v) is 4.12. The predicted molar refractivity (Wildman–Crippen MR) is 77.8 cm³/mol. The van der Waals surface area contributed by atoms with Crippen molar-refractivity contribution >= 4 is 17.4 Å². The Balaban J connectivity index is 2.18. The van der Waals surface area contributed by atoms with E-state index in [-0.39, 0.29) is 5.15 Å². The number of aromatic nitrogens is 1. The van der Waals surface area contributed by atoms with Gasteiger partial charge in [0, 0.05) is 19.1 Å². The lowest BCUT2D eigenvalue weighted by Crippen LogP contribution is -2.37. The lowest BCUT2D eigenvalue weighted by atomic mass is 10.2. The van der Waals surface area contributed by atoms with E-state index >= 15 is 0 Å². The minimum atomic E-state index is -4.40. The van der Waals surface area contributed by atoms with Crippen molar-refractivity contribution in [2.24, 2.45) is 0 Å². The van der Waals surface area contributed by atoms with Crippen LogP contribution in [0.15, 0.2) is 12.1 Å². The standard InChI is InChI=1S/C14H19ClF3N3/c1-3-20(4-2)11-5-6-21(9-11)13-8-10(14(16,17)18)7-12(15)19-13/h7-8,11H,3-6,9H2,1-2H3. The van der Waals surface area contributed by atoms with Gasteiger partial charge in [-0.05, 0) is 31.6 Å². The number of hydrogen-bond donors (Lipinski definition) is 0. The van der Waals surface area contributed by atoms with Crippen molar-refractivity contribution in [3.63, 3.8) is 0 Å². The van der Waals surface area contributed by atoms with E-state index in [0.717, 1.165) is 31.6 Å². The Hall–Kier alpha value is -1.01. The maximum absolute atomic E-state index is 12.8. The summed E-state index contributed by atoms with van der Waals surface area (Å²) in [5.74, 6) is 0.310. The molecule has 0 aliphatic carbocycles. The Kier molecular flexibility index (Phi) is 4.99. The summed E-state index contributed by atoms with van der Waals surface area (Å²) < 4.78 is 38.5. The average Bonchev–Trinajstić information content (AvgIpc) is 2.88. The molecule has 0 amide bonds. The van der Waals surface area contributed by atoms with Crippen molar-refractivity contribution < 1.29 is 13.2 Å². The molecule has 1 aliphatic rings. The molecule has 1 unspecified atom stereocenters. The molecule has 7 heteroatoms. The highest BCUT2D eigenvalue weighted by Gasteiger charge is 2.33. The zero-order chi connectivity index (χ0) is 15.6. The molecule has 1 aromatic heterocycles. The highest BCUT2D eigenvalue weighted by atomic mass is 35.5. The zero-order valence-electron chi connectivity index (χ0n) is 12.1. The second-order valence-electron chi connectivity index (χ2n) is 5.14. The van der Waals surface area contributed by atoms with Gasteiger partial charge in [-0.25, -0.2) is 4.98 Å². The summed E-state index contributed by atoms with van der Waals surface area (Å²) in [6.45, 7) is 7.44. The Morgan fingerprint density at radius 3 is 2.57 bits per heavy atom. The molecule has 0 N–H and O–H groups in total. The molecule has 1 aliphatic heterocycles. The van der Waals surface area contributed by atoms with Crippen LogP contribution >= 0.6 is 11.6 Å². The number of pyridine rings is 1. The van der Waals surface area contributed by atoms with Crippen LogP contribution in [0.2, 0.25) is 5.15 Å². The molecule has 118 valence electrons. The zero-order valence-corrected chi connectivity index (χ0v) is 12.9. The van der Waals surface area contributed by atoms with Gasteiger partial charge in [-0.2, -0.15) is 13.2 Å². The van der Waals surface area contributed by atoms with Crippen LogP contribution in [-0.2, 0) is 6.18 Å². The topological polar surface area (TPSA) is 19.4 Å². The smallest absolute Gasteiger partial charge is 0.355 e. The molecule has 0 saturated carbocycles. The first-order chi connectivity index (χ1) is 9.85. The summed E-state index contributed by atoms with van der Waals surface area (Å²) in [4.78, 5) is 8.24. The van der Waals surface area contributed by atoms with Crippen LogP contribution in [-0.4, -0.2) is 42.1 Å². The number of likely N-dealkylation sites (N-methyl/N-ethyl adjacent to an activating group) is 1. The number of nitrogens with zero attached hydrogens (tertiary/aromatic N) is 3. The second-order valence-corrected chi connectivity index (χ2v) is 5.53. The van der Waals surface area contributed by atoms with Crippen LogP contribution in [0.4, 0.5) is 19.0 Å². The average molecular weight is 322 g/mol. The van der Waals surface area contributed by atoms with Crippen LogP contribution in [0.1, 0.15) is 25.8 Å². The van der Waals surface area contributed by atoms with Crippen LogP contribution in [0.3, 0.4) is 0 Å². The van der Waals surface area contributed by atoms with E-state index in [0.29, 0.717) is 24.9 Å². The molecule has 1 atom stereocenters. The molecule has 0 spiro atoms. The molecule has 0 bridgehead atoms. The number of alkyl halides is 3. The van der Waals surface area contributed by atoms with Crippen molar-refractivity contribution in [1.29, 1.82) is 0 Å². The largest absolute Gasteiger partial charge is 0.416 e. The van der Waals surface area contributed by atoms with Crippen LogP contribution in [0.5, 0.6) is 0 Å². The van der Waals surface area contributed by atoms with Gasteiger partial charge < -0.3 is 4.90 Å². The molecule has 1 aromatic rings. The minimum Gasteiger partial charge on any atom is -0.355 e. The van der Waals surface area contributed by atoms with E-state index in [2.05, 4.69) is 23.7 Å². The second kappa shape index (κ2) is 6.40. The molecule has 3 nitrogen and oxygen atoms in total. The van der Waals surface area contributed by atoms with Crippen molar-refractivity contribution in [3.8, 4) is 0 Å². The van der Waals surface area contributed by atoms with Crippen molar-refractivity contribution in [3.05, 3.63) is 22.8 Å². The van der Waals surface area contributed by atoms with Gasteiger partial charge in [0.2, 0.25) is 0 Å². The maximum Gasteiger partial charge on any atom is 0.416 e. The van der Waals surface area contributed by atoms with E-state index in [4.69, 9.17) is 11.6 Å². The van der Waals surface area contributed by atoms with Crippen molar-refractivity contribution in [2.45, 2.75) is 32.5 Å². The summed E-state index contributed by atoms with van der Waals surface area (Å²) in [6, 6.07) is 2.30.